The quantitative estimate of drug-likeness (QED) is 0.302. The molecule has 0 fully saturated rings. The zero-order valence-electron chi connectivity index (χ0n) is 16.2. The van der Waals surface area contributed by atoms with Crippen LogP contribution in [0.2, 0.25) is 0 Å². The molecule has 0 amide bonds. The zero-order chi connectivity index (χ0) is 21.5. The third-order valence-electron chi connectivity index (χ3n) is 3.84. The summed E-state index contributed by atoms with van der Waals surface area (Å²) in [5.74, 6) is -3.32. The van der Waals surface area contributed by atoms with Gasteiger partial charge in [0.2, 0.25) is 0 Å². The number of carboxylic acids is 3. The Balaban J connectivity index is 2.28. The van der Waals surface area contributed by atoms with Crippen LogP contribution in [0.4, 0.5) is 0 Å². The van der Waals surface area contributed by atoms with Crippen LogP contribution in [0.5, 0.6) is 0 Å². The van der Waals surface area contributed by atoms with Crippen LogP contribution in [0.25, 0.3) is 0 Å². The Labute approximate surface area is 169 Å². The highest BCUT2D eigenvalue weighted by Gasteiger charge is 2.16. The lowest BCUT2D eigenvalue weighted by Crippen LogP contribution is -2.42. The van der Waals surface area contributed by atoms with Crippen molar-refractivity contribution in [3.05, 3.63) is 35.9 Å². The standard InChI is InChI=1S/C19H28N2O8/c22-17(23)12-20(6-7-21(13-18(24)25)14-19(26)27)8-9-28-10-11-29-15-16-4-2-1-3-5-16/h1-5H,6-15H2,(H,22,23)(H,24,25)(H,26,27). The fraction of sp³-hybridized carbons (Fsp3) is 0.526. The summed E-state index contributed by atoms with van der Waals surface area (Å²) in [6, 6.07) is 9.71. The molecule has 0 spiro atoms. The summed E-state index contributed by atoms with van der Waals surface area (Å²) in [6.45, 7) is 1.06. The van der Waals surface area contributed by atoms with Gasteiger partial charge >= 0.3 is 17.9 Å². The van der Waals surface area contributed by atoms with Crippen LogP contribution in [0.1, 0.15) is 5.56 Å². The second-order valence-corrected chi connectivity index (χ2v) is 6.32. The first kappa shape index (κ1) is 24.5. The minimum Gasteiger partial charge on any atom is -0.480 e. The monoisotopic (exact) mass is 412 g/mol. The third kappa shape index (κ3) is 13.3. The average molecular weight is 412 g/mol. The van der Waals surface area contributed by atoms with Crippen molar-refractivity contribution in [1.82, 2.24) is 9.80 Å². The third-order valence-corrected chi connectivity index (χ3v) is 3.84. The summed E-state index contributed by atoms with van der Waals surface area (Å²) in [4.78, 5) is 35.5. The van der Waals surface area contributed by atoms with Crippen LogP contribution in [0.3, 0.4) is 0 Å². The number of nitrogens with zero attached hydrogens (tertiary/aromatic N) is 2. The Morgan fingerprint density at radius 2 is 1.21 bits per heavy atom. The smallest absolute Gasteiger partial charge is 0.317 e. The van der Waals surface area contributed by atoms with Gasteiger partial charge in [0.15, 0.2) is 0 Å². The van der Waals surface area contributed by atoms with E-state index < -0.39 is 31.0 Å². The average Bonchev–Trinajstić information content (AvgIpc) is 2.64. The van der Waals surface area contributed by atoms with Crippen molar-refractivity contribution in [3.63, 3.8) is 0 Å². The molecule has 0 aliphatic heterocycles. The van der Waals surface area contributed by atoms with E-state index in [2.05, 4.69) is 0 Å². The number of aliphatic carboxylic acids is 3. The van der Waals surface area contributed by atoms with E-state index in [1.165, 1.54) is 4.90 Å². The largest absolute Gasteiger partial charge is 0.480 e. The molecule has 0 heterocycles. The van der Waals surface area contributed by atoms with Crippen LogP contribution in [-0.2, 0) is 30.5 Å². The second-order valence-electron chi connectivity index (χ2n) is 6.32. The first-order valence-corrected chi connectivity index (χ1v) is 9.16. The Morgan fingerprint density at radius 3 is 1.79 bits per heavy atom. The predicted octanol–water partition coefficient (Wildman–Crippen LogP) is 0.0776. The molecular weight excluding hydrogens is 384 g/mol. The molecule has 0 radical (unpaired) electrons. The number of benzene rings is 1. The van der Waals surface area contributed by atoms with Gasteiger partial charge in [-0.2, -0.15) is 0 Å². The maximum absolute atomic E-state index is 11.0. The molecule has 0 bridgehead atoms. The molecule has 0 aromatic heterocycles. The summed E-state index contributed by atoms with van der Waals surface area (Å²) in [7, 11) is 0. The molecule has 0 saturated heterocycles. The highest BCUT2D eigenvalue weighted by atomic mass is 16.5. The molecule has 0 atom stereocenters. The number of hydrogen-bond donors (Lipinski definition) is 3. The Bertz CT molecular complexity index is 610. The summed E-state index contributed by atoms with van der Waals surface area (Å²) in [6.07, 6.45) is 0. The van der Waals surface area contributed by atoms with Crippen molar-refractivity contribution in [3.8, 4) is 0 Å². The van der Waals surface area contributed by atoms with Crippen molar-refractivity contribution in [2.24, 2.45) is 0 Å². The van der Waals surface area contributed by atoms with Crippen LogP contribution >= 0.6 is 0 Å². The summed E-state index contributed by atoms with van der Waals surface area (Å²) >= 11 is 0. The van der Waals surface area contributed by atoms with Gasteiger partial charge < -0.3 is 24.8 Å². The molecule has 1 aromatic rings. The minimum absolute atomic E-state index is 0.117. The number of rotatable bonds is 17. The van der Waals surface area contributed by atoms with Gasteiger partial charge in [-0.15, -0.1) is 0 Å². The zero-order valence-corrected chi connectivity index (χ0v) is 16.2. The molecule has 1 rings (SSSR count). The van der Waals surface area contributed by atoms with E-state index in [4.69, 9.17) is 24.8 Å². The number of carboxylic acid groups (broad SMARTS) is 3. The van der Waals surface area contributed by atoms with E-state index in [0.717, 1.165) is 5.56 Å². The lowest BCUT2D eigenvalue weighted by Gasteiger charge is -2.24. The molecule has 0 saturated carbocycles. The Morgan fingerprint density at radius 1 is 0.690 bits per heavy atom. The molecule has 0 unspecified atom stereocenters. The number of carbonyl (C=O) groups is 3. The second kappa shape index (κ2) is 14.5. The maximum Gasteiger partial charge on any atom is 0.317 e. The van der Waals surface area contributed by atoms with Gasteiger partial charge in [-0.25, -0.2) is 0 Å². The Kier molecular flexibility index (Phi) is 12.2. The van der Waals surface area contributed by atoms with E-state index in [9.17, 15) is 14.4 Å². The van der Waals surface area contributed by atoms with E-state index >= 15 is 0 Å². The molecule has 1 aromatic carbocycles. The van der Waals surface area contributed by atoms with Crippen LogP contribution in [-0.4, -0.2) is 102 Å². The van der Waals surface area contributed by atoms with E-state index in [1.54, 1.807) is 4.90 Å². The van der Waals surface area contributed by atoms with E-state index in [-0.39, 0.29) is 26.2 Å². The summed E-state index contributed by atoms with van der Waals surface area (Å²) in [5.41, 5.74) is 1.06. The maximum atomic E-state index is 11.0. The first-order valence-electron chi connectivity index (χ1n) is 9.16. The SMILES string of the molecule is O=C(O)CN(CCOCCOCc1ccccc1)CCN(CC(=O)O)CC(=O)O. The molecule has 0 aliphatic carbocycles. The molecule has 29 heavy (non-hydrogen) atoms. The van der Waals surface area contributed by atoms with Gasteiger partial charge in [0.1, 0.15) is 0 Å². The molecule has 10 heteroatoms. The fourth-order valence-electron chi connectivity index (χ4n) is 2.52. The van der Waals surface area contributed by atoms with Crippen LogP contribution in [0, 0.1) is 0 Å². The highest BCUT2D eigenvalue weighted by Crippen LogP contribution is 2.00. The normalized spacial score (nSPS) is 11.1. The predicted molar refractivity (Wildman–Crippen MR) is 103 cm³/mol. The topological polar surface area (TPSA) is 137 Å². The van der Waals surface area contributed by atoms with E-state index in [1.807, 2.05) is 30.3 Å². The first-order chi connectivity index (χ1) is 13.9. The molecule has 3 N–H and O–H groups in total. The number of hydrogen-bond acceptors (Lipinski definition) is 7. The van der Waals surface area contributed by atoms with Gasteiger partial charge in [-0.1, -0.05) is 30.3 Å². The van der Waals surface area contributed by atoms with Crippen molar-refractivity contribution in [1.29, 1.82) is 0 Å². The van der Waals surface area contributed by atoms with Crippen molar-refractivity contribution >= 4 is 17.9 Å². The molecule has 162 valence electrons. The lowest BCUT2D eigenvalue weighted by molar-refractivity contribution is -0.143. The number of ether oxygens (including phenoxy) is 2. The van der Waals surface area contributed by atoms with Gasteiger partial charge in [-0.05, 0) is 5.56 Å². The highest BCUT2D eigenvalue weighted by molar-refractivity contribution is 5.72. The van der Waals surface area contributed by atoms with Crippen molar-refractivity contribution in [2.45, 2.75) is 6.61 Å². The molecule has 10 nitrogen and oxygen atoms in total. The van der Waals surface area contributed by atoms with Crippen LogP contribution < -0.4 is 0 Å². The fourth-order valence-corrected chi connectivity index (χ4v) is 2.52. The van der Waals surface area contributed by atoms with Crippen molar-refractivity contribution < 1.29 is 39.2 Å². The molecule has 0 aliphatic rings. The lowest BCUT2D eigenvalue weighted by atomic mass is 10.2. The molecular formula is C19H28N2O8. The minimum atomic E-state index is -1.14. The van der Waals surface area contributed by atoms with Crippen molar-refractivity contribution in [2.75, 3.05) is 59.1 Å². The van der Waals surface area contributed by atoms with E-state index in [0.29, 0.717) is 26.4 Å². The Hall–Kier alpha value is -2.53. The van der Waals surface area contributed by atoms with Gasteiger partial charge in [0.25, 0.3) is 0 Å². The van der Waals surface area contributed by atoms with Gasteiger partial charge in [0, 0.05) is 19.6 Å². The summed E-state index contributed by atoms with van der Waals surface area (Å²) in [5, 5.41) is 26.7. The summed E-state index contributed by atoms with van der Waals surface area (Å²) < 4.78 is 11.0. The van der Waals surface area contributed by atoms with Crippen LogP contribution in [0.15, 0.2) is 30.3 Å². The van der Waals surface area contributed by atoms with Gasteiger partial charge in [-0.3, -0.25) is 24.2 Å². The van der Waals surface area contributed by atoms with Gasteiger partial charge in [0.05, 0.1) is 46.1 Å².